The molecule has 4 heteroatoms. The third-order valence-electron chi connectivity index (χ3n) is 2.60. The molecule has 0 saturated heterocycles. The first-order valence-corrected chi connectivity index (χ1v) is 6.25. The van der Waals surface area contributed by atoms with Crippen molar-refractivity contribution < 1.29 is 14.7 Å². The van der Waals surface area contributed by atoms with E-state index in [1.165, 1.54) is 0 Å². The third kappa shape index (κ3) is 5.86. The molecule has 1 aromatic rings. The van der Waals surface area contributed by atoms with Gasteiger partial charge in [0.05, 0.1) is 6.04 Å². The number of carboxylic acid groups (broad SMARTS) is 1. The number of nitrogens with one attached hydrogen (secondary N) is 1. The van der Waals surface area contributed by atoms with Crippen LogP contribution in [0, 0.1) is 5.92 Å². The quantitative estimate of drug-likeness (QED) is 0.773. The molecule has 1 amide bonds. The molecule has 19 heavy (non-hydrogen) atoms. The molecule has 0 aromatic heterocycles. The van der Waals surface area contributed by atoms with E-state index < -0.39 is 11.9 Å². The standard InChI is InChI=1S/C15H19NO3/c1-11(2)10-13(12-6-4-3-5-7-12)16-14(17)8-9-15(18)19/h3-9,11,13H,10H2,1-2H3,(H,16,17)(H,18,19)/b9-8+. The zero-order valence-corrected chi connectivity index (χ0v) is 11.2. The Kier molecular flexibility index (Phi) is 5.79. The molecule has 0 aliphatic heterocycles. The van der Waals surface area contributed by atoms with Crippen LogP contribution in [0.5, 0.6) is 0 Å². The van der Waals surface area contributed by atoms with Gasteiger partial charge in [-0.2, -0.15) is 0 Å². The van der Waals surface area contributed by atoms with Gasteiger partial charge < -0.3 is 10.4 Å². The highest BCUT2D eigenvalue weighted by Crippen LogP contribution is 2.20. The Balaban J connectivity index is 2.76. The second-order valence-electron chi connectivity index (χ2n) is 4.77. The van der Waals surface area contributed by atoms with Crippen molar-refractivity contribution in [2.75, 3.05) is 0 Å². The molecule has 102 valence electrons. The van der Waals surface area contributed by atoms with Gasteiger partial charge in [0.15, 0.2) is 0 Å². The molecular weight excluding hydrogens is 242 g/mol. The number of carbonyl (C=O) groups excluding carboxylic acids is 1. The normalized spacial score (nSPS) is 12.6. The molecule has 1 aromatic carbocycles. The van der Waals surface area contributed by atoms with Crippen LogP contribution in [0.15, 0.2) is 42.5 Å². The van der Waals surface area contributed by atoms with E-state index in [0.717, 1.165) is 24.1 Å². The van der Waals surface area contributed by atoms with Gasteiger partial charge in [-0.05, 0) is 17.9 Å². The van der Waals surface area contributed by atoms with Gasteiger partial charge in [-0.3, -0.25) is 4.79 Å². The van der Waals surface area contributed by atoms with Gasteiger partial charge in [-0.1, -0.05) is 44.2 Å². The van der Waals surface area contributed by atoms with Gasteiger partial charge in [-0.15, -0.1) is 0 Å². The van der Waals surface area contributed by atoms with Crippen molar-refractivity contribution in [3.05, 3.63) is 48.0 Å². The molecule has 1 rings (SSSR count). The van der Waals surface area contributed by atoms with Crippen LogP contribution >= 0.6 is 0 Å². The number of rotatable bonds is 6. The number of benzene rings is 1. The summed E-state index contributed by atoms with van der Waals surface area (Å²) in [7, 11) is 0. The fourth-order valence-corrected chi connectivity index (χ4v) is 1.80. The van der Waals surface area contributed by atoms with E-state index in [2.05, 4.69) is 19.2 Å². The first-order chi connectivity index (χ1) is 8.99. The molecule has 1 atom stereocenters. The van der Waals surface area contributed by atoms with Crippen LogP contribution < -0.4 is 5.32 Å². The average Bonchev–Trinajstić information content (AvgIpc) is 2.36. The van der Waals surface area contributed by atoms with Crippen LogP contribution in [0.4, 0.5) is 0 Å². The molecule has 4 nitrogen and oxygen atoms in total. The molecule has 0 radical (unpaired) electrons. The summed E-state index contributed by atoms with van der Waals surface area (Å²) in [5, 5.41) is 11.3. The average molecular weight is 261 g/mol. The third-order valence-corrected chi connectivity index (χ3v) is 2.60. The topological polar surface area (TPSA) is 66.4 Å². The highest BCUT2D eigenvalue weighted by molar-refractivity contribution is 5.94. The molecule has 0 heterocycles. The minimum Gasteiger partial charge on any atom is -0.478 e. The second kappa shape index (κ2) is 7.36. The molecule has 0 fully saturated rings. The van der Waals surface area contributed by atoms with E-state index in [4.69, 9.17) is 5.11 Å². The number of hydrogen-bond donors (Lipinski definition) is 2. The SMILES string of the molecule is CC(C)CC(NC(=O)/C=C/C(=O)O)c1ccccc1. The summed E-state index contributed by atoms with van der Waals surface area (Å²) in [6.07, 6.45) is 2.68. The van der Waals surface area contributed by atoms with Crippen LogP contribution in [0.2, 0.25) is 0 Å². The summed E-state index contributed by atoms with van der Waals surface area (Å²) in [5.74, 6) is -1.10. The molecular formula is C15H19NO3. The fraction of sp³-hybridized carbons (Fsp3) is 0.333. The van der Waals surface area contributed by atoms with Gasteiger partial charge in [-0.25, -0.2) is 4.79 Å². The predicted molar refractivity (Wildman–Crippen MR) is 73.6 cm³/mol. The van der Waals surface area contributed by atoms with Gasteiger partial charge in [0.25, 0.3) is 0 Å². The lowest BCUT2D eigenvalue weighted by atomic mass is 9.97. The minimum atomic E-state index is -1.13. The Hall–Kier alpha value is -2.10. The number of hydrogen-bond acceptors (Lipinski definition) is 2. The van der Waals surface area contributed by atoms with Crippen LogP contribution in [-0.2, 0) is 9.59 Å². The smallest absolute Gasteiger partial charge is 0.328 e. The maximum absolute atomic E-state index is 11.7. The summed E-state index contributed by atoms with van der Waals surface area (Å²) in [6, 6.07) is 9.56. The molecule has 0 spiro atoms. The highest BCUT2D eigenvalue weighted by Gasteiger charge is 2.14. The molecule has 1 unspecified atom stereocenters. The second-order valence-corrected chi connectivity index (χ2v) is 4.77. The Morgan fingerprint density at radius 1 is 1.21 bits per heavy atom. The molecule has 0 aliphatic rings. The number of aliphatic carboxylic acids is 1. The summed E-state index contributed by atoms with van der Waals surface area (Å²) in [4.78, 5) is 22.0. The Bertz CT molecular complexity index is 452. The maximum atomic E-state index is 11.7. The van der Waals surface area contributed by atoms with Crippen molar-refractivity contribution in [3.8, 4) is 0 Å². The van der Waals surface area contributed by atoms with Gasteiger partial charge in [0.1, 0.15) is 0 Å². The Morgan fingerprint density at radius 2 is 1.84 bits per heavy atom. The zero-order chi connectivity index (χ0) is 14.3. The van der Waals surface area contributed by atoms with E-state index in [0.29, 0.717) is 5.92 Å². The molecule has 0 bridgehead atoms. The molecule has 0 aliphatic carbocycles. The van der Waals surface area contributed by atoms with Crippen LogP contribution in [0.3, 0.4) is 0 Å². The Morgan fingerprint density at radius 3 is 2.37 bits per heavy atom. The van der Waals surface area contributed by atoms with Crippen molar-refractivity contribution >= 4 is 11.9 Å². The van der Waals surface area contributed by atoms with Crippen molar-refractivity contribution in [2.24, 2.45) is 5.92 Å². The summed E-state index contributed by atoms with van der Waals surface area (Å²) in [6.45, 7) is 4.16. The largest absolute Gasteiger partial charge is 0.478 e. The molecule has 0 saturated carbocycles. The number of carbonyl (C=O) groups is 2. The zero-order valence-electron chi connectivity index (χ0n) is 11.2. The Labute approximate surface area is 113 Å². The van der Waals surface area contributed by atoms with Crippen molar-refractivity contribution in [1.29, 1.82) is 0 Å². The van der Waals surface area contributed by atoms with Crippen molar-refractivity contribution in [1.82, 2.24) is 5.32 Å². The van der Waals surface area contributed by atoms with Gasteiger partial charge in [0, 0.05) is 12.2 Å². The van der Waals surface area contributed by atoms with E-state index in [9.17, 15) is 9.59 Å². The fourth-order valence-electron chi connectivity index (χ4n) is 1.80. The number of carboxylic acids is 1. The first-order valence-electron chi connectivity index (χ1n) is 6.25. The van der Waals surface area contributed by atoms with Crippen molar-refractivity contribution in [3.63, 3.8) is 0 Å². The summed E-state index contributed by atoms with van der Waals surface area (Å²) < 4.78 is 0. The monoisotopic (exact) mass is 261 g/mol. The van der Waals surface area contributed by atoms with Crippen molar-refractivity contribution in [2.45, 2.75) is 26.3 Å². The van der Waals surface area contributed by atoms with E-state index >= 15 is 0 Å². The maximum Gasteiger partial charge on any atom is 0.328 e. The number of amides is 1. The van der Waals surface area contributed by atoms with Crippen LogP contribution in [-0.4, -0.2) is 17.0 Å². The predicted octanol–water partition coefficient (Wildman–Crippen LogP) is 2.53. The first kappa shape index (κ1) is 15.0. The van der Waals surface area contributed by atoms with E-state index in [1.54, 1.807) is 0 Å². The van der Waals surface area contributed by atoms with Crippen LogP contribution in [0.25, 0.3) is 0 Å². The summed E-state index contributed by atoms with van der Waals surface area (Å²) in [5.41, 5.74) is 1.02. The minimum absolute atomic E-state index is 0.104. The highest BCUT2D eigenvalue weighted by atomic mass is 16.4. The lowest BCUT2D eigenvalue weighted by Gasteiger charge is -2.20. The summed E-state index contributed by atoms with van der Waals surface area (Å²) >= 11 is 0. The van der Waals surface area contributed by atoms with Gasteiger partial charge >= 0.3 is 5.97 Å². The lowest BCUT2D eigenvalue weighted by Crippen LogP contribution is -2.28. The van der Waals surface area contributed by atoms with E-state index in [-0.39, 0.29) is 6.04 Å². The van der Waals surface area contributed by atoms with Gasteiger partial charge in [0.2, 0.25) is 5.91 Å². The molecule has 2 N–H and O–H groups in total. The van der Waals surface area contributed by atoms with E-state index in [1.807, 2.05) is 30.3 Å². The van der Waals surface area contributed by atoms with Crippen LogP contribution in [0.1, 0.15) is 31.9 Å². The lowest BCUT2D eigenvalue weighted by molar-refractivity contribution is -0.131.